The molecule has 0 heterocycles. The summed E-state index contributed by atoms with van der Waals surface area (Å²) >= 11 is 5.92. The second-order valence-electron chi connectivity index (χ2n) is 3.08. The number of carboxylic acid groups (broad SMARTS) is 1. The molecule has 0 bridgehead atoms. The zero-order chi connectivity index (χ0) is 11.3. The van der Waals surface area contributed by atoms with E-state index in [0.717, 1.165) is 5.56 Å². The van der Waals surface area contributed by atoms with E-state index in [-0.39, 0.29) is 0 Å². The van der Waals surface area contributed by atoms with Gasteiger partial charge in [0.05, 0.1) is 0 Å². The molecule has 1 aromatic carbocycles. The van der Waals surface area contributed by atoms with Crippen molar-refractivity contribution in [2.75, 3.05) is 6.61 Å². The molecule has 1 atom stereocenters. The molecule has 82 valence electrons. The van der Waals surface area contributed by atoms with Crippen LogP contribution in [0.4, 0.5) is 0 Å². The molecule has 0 unspecified atom stereocenters. The van der Waals surface area contributed by atoms with Crippen molar-refractivity contribution < 1.29 is 14.6 Å². The fourth-order valence-corrected chi connectivity index (χ4v) is 1.50. The van der Waals surface area contributed by atoms with Gasteiger partial charge < -0.3 is 9.84 Å². The van der Waals surface area contributed by atoms with Crippen LogP contribution in [0.1, 0.15) is 12.5 Å². The number of ether oxygens (including phenoxy) is 1. The van der Waals surface area contributed by atoms with Crippen LogP contribution >= 0.6 is 11.6 Å². The van der Waals surface area contributed by atoms with Crippen molar-refractivity contribution >= 4 is 17.6 Å². The standard InChI is InChI=1S/C11H13ClO3/c1-2-15-10(11(13)14)7-8-5-3-4-6-9(8)12/h3-6,10H,2,7H2,1H3,(H,13,14)/t10-/m0/s1. The number of carboxylic acids is 1. The van der Waals surface area contributed by atoms with E-state index in [1.165, 1.54) is 0 Å². The Balaban J connectivity index is 2.74. The highest BCUT2D eigenvalue weighted by Gasteiger charge is 2.18. The smallest absolute Gasteiger partial charge is 0.333 e. The van der Waals surface area contributed by atoms with Crippen molar-refractivity contribution in [3.63, 3.8) is 0 Å². The van der Waals surface area contributed by atoms with Gasteiger partial charge in [-0.3, -0.25) is 0 Å². The van der Waals surface area contributed by atoms with Crippen LogP contribution in [0.3, 0.4) is 0 Å². The highest BCUT2D eigenvalue weighted by atomic mass is 35.5. The van der Waals surface area contributed by atoms with E-state index in [1.807, 2.05) is 12.1 Å². The fraction of sp³-hybridized carbons (Fsp3) is 0.364. The maximum Gasteiger partial charge on any atom is 0.333 e. The maximum absolute atomic E-state index is 10.8. The second kappa shape index (κ2) is 5.73. The van der Waals surface area contributed by atoms with Crippen LogP contribution in [0, 0.1) is 0 Å². The molecule has 3 nitrogen and oxygen atoms in total. The largest absolute Gasteiger partial charge is 0.479 e. The predicted octanol–water partition coefficient (Wildman–Crippen LogP) is 2.37. The quantitative estimate of drug-likeness (QED) is 0.842. The van der Waals surface area contributed by atoms with Gasteiger partial charge in [0.25, 0.3) is 0 Å². The third-order valence-electron chi connectivity index (χ3n) is 2.01. The molecule has 0 aliphatic carbocycles. The molecule has 0 fully saturated rings. The van der Waals surface area contributed by atoms with Crippen molar-refractivity contribution in [2.45, 2.75) is 19.4 Å². The molecule has 0 saturated carbocycles. The summed E-state index contributed by atoms with van der Waals surface area (Å²) in [4.78, 5) is 10.8. The molecular formula is C11H13ClO3. The van der Waals surface area contributed by atoms with Crippen LogP contribution < -0.4 is 0 Å². The third-order valence-corrected chi connectivity index (χ3v) is 2.38. The van der Waals surface area contributed by atoms with Gasteiger partial charge in [0, 0.05) is 18.1 Å². The zero-order valence-electron chi connectivity index (χ0n) is 8.44. The van der Waals surface area contributed by atoms with E-state index in [9.17, 15) is 4.79 Å². The van der Waals surface area contributed by atoms with Gasteiger partial charge in [-0.1, -0.05) is 29.8 Å². The third kappa shape index (κ3) is 3.53. The summed E-state index contributed by atoms with van der Waals surface area (Å²) in [5, 5.41) is 9.46. The zero-order valence-corrected chi connectivity index (χ0v) is 9.20. The number of hydrogen-bond acceptors (Lipinski definition) is 2. The molecule has 1 N–H and O–H groups in total. The first-order chi connectivity index (χ1) is 7.15. The van der Waals surface area contributed by atoms with Crippen molar-refractivity contribution in [2.24, 2.45) is 0 Å². The first kappa shape index (κ1) is 12.0. The van der Waals surface area contributed by atoms with Crippen LogP contribution in [0.2, 0.25) is 5.02 Å². The number of aliphatic carboxylic acids is 1. The first-order valence-corrected chi connectivity index (χ1v) is 5.10. The Morgan fingerprint density at radius 2 is 2.20 bits per heavy atom. The van der Waals surface area contributed by atoms with Gasteiger partial charge in [0.15, 0.2) is 6.10 Å². The number of carbonyl (C=O) groups is 1. The summed E-state index contributed by atoms with van der Waals surface area (Å²) in [7, 11) is 0. The lowest BCUT2D eigenvalue weighted by Gasteiger charge is -2.12. The van der Waals surface area contributed by atoms with Gasteiger partial charge in [-0.15, -0.1) is 0 Å². The molecule has 0 saturated heterocycles. The summed E-state index contributed by atoms with van der Waals surface area (Å²) in [6.45, 7) is 2.14. The molecule has 1 aromatic rings. The molecule has 0 aliphatic heterocycles. The lowest BCUT2D eigenvalue weighted by Crippen LogP contribution is -2.26. The molecule has 4 heteroatoms. The molecule has 0 spiro atoms. The Bertz CT molecular complexity index is 338. The average Bonchev–Trinajstić information content (AvgIpc) is 2.20. The highest BCUT2D eigenvalue weighted by molar-refractivity contribution is 6.31. The number of benzene rings is 1. The molecule has 0 aromatic heterocycles. The van der Waals surface area contributed by atoms with Gasteiger partial charge >= 0.3 is 5.97 Å². The van der Waals surface area contributed by atoms with Crippen LogP contribution in [-0.4, -0.2) is 23.8 Å². The normalized spacial score (nSPS) is 12.4. The molecule has 0 amide bonds. The van der Waals surface area contributed by atoms with Gasteiger partial charge in [-0.2, -0.15) is 0 Å². The van der Waals surface area contributed by atoms with E-state index < -0.39 is 12.1 Å². The summed E-state index contributed by atoms with van der Waals surface area (Å²) in [5.74, 6) is -0.961. The topological polar surface area (TPSA) is 46.5 Å². The predicted molar refractivity (Wildman–Crippen MR) is 58.2 cm³/mol. The first-order valence-electron chi connectivity index (χ1n) is 4.73. The minimum Gasteiger partial charge on any atom is -0.479 e. The Labute approximate surface area is 93.6 Å². The minimum atomic E-state index is -0.961. The Morgan fingerprint density at radius 3 is 2.73 bits per heavy atom. The Hall–Kier alpha value is -1.06. The van der Waals surface area contributed by atoms with E-state index in [4.69, 9.17) is 21.4 Å². The minimum absolute atomic E-state index is 0.294. The molecule has 15 heavy (non-hydrogen) atoms. The summed E-state index contributed by atoms with van der Waals surface area (Å²) in [5.41, 5.74) is 0.792. The van der Waals surface area contributed by atoms with E-state index in [0.29, 0.717) is 18.1 Å². The van der Waals surface area contributed by atoms with Gasteiger partial charge in [0.2, 0.25) is 0 Å². The molecule has 1 rings (SSSR count). The lowest BCUT2D eigenvalue weighted by atomic mass is 10.1. The maximum atomic E-state index is 10.8. The summed E-state index contributed by atoms with van der Waals surface area (Å²) in [6.07, 6.45) is -0.530. The van der Waals surface area contributed by atoms with E-state index in [2.05, 4.69) is 0 Å². The van der Waals surface area contributed by atoms with Crippen LogP contribution in [0.5, 0.6) is 0 Å². The highest BCUT2D eigenvalue weighted by Crippen LogP contribution is 2.17. The van der Waals surface area contributed by atoms with Crippen LogP contribution in [-0.2, 0) is 16.0 Å². The number of halogens is 1. The van der Waals surface area contributed by atoms with Crippen molar-refractivity contribution in [3.8, 4) is 0 Å². The number of hydrogen-bond donors (Lipinski definition) is 1. The summed E-state index contributed by atoms with van der Waals surface area (Å²) < 4.78 is 5.10. The summed E-state index contributed by atoms with van der Waals surface area (Å²) in [6, 6.07) is 7.17. The van der Waals surface area contributed by atoms with Crippen LogP contribution in [0.25, 0.3) is 0 Å². The number of rotatable bonds is 5. The van der Waals surface area contributed by atoms with Gasteiger partial charge in [-0.05, 0) is 18.6 Å². The average molecular weight is 229 g/mol. The van der Waals surface area contributed by atoms with Crippen LogP contribution in [0.15, 0.2) is 24.3 Å². The lowest BCUT2D eigenvalue weighted by molar-refractivity contribution is -0.149. The van der Waals surface area contributed by atoms with E-state index >= 15 is 0 Å². The second-order valence-corrected chi connectivity index (χ2v) is 3.48. The molecular weight excluding hydrogens is 216 g/mol. The van der Waals surface area contributed by atoms with Crippen molar-refractivity contribution in [1.82, 2.24) is 0 Å². The molecule has 0 radical (unpaired) electrons. The monoisotopic (exact) mass is 228 g/mol. The van der Waals surface area contributed by atoms with Gasteiger partial charge in [0.1, 0.15) is 0 Å². The SMILES string of the molecule is CCO[C@@H](Cc1ccccc1Cl)C(=O)O. The Kier molecular flexibility index (Phi) is 4.59. The van der Waals surface area contributed by atoms with Crippen molar-refractivity contribution in [3.05, 3.63) is 34.9 Å². The van der Waals surface area contributed by atoms with Crippen molar-refractivity contribution in [1.29, 1.82) is 0 Å². The van der Waals surface area contributed by atoms with E-state index in [1.54, 1.807) is 19.1 Å². The van der Waals surface area contributed by atoms with Gasteiger partial charge in [-0.25, -0.2) is 4.79 Å². The Morgan fingerprint density at radius 1 is 1.53 bits per heavy atom. The molecule has 0 aliphatic rings. The fourth-order valence-electron chi connectivity index (χ4n) is 1.28.